The number of carbonyl (C=O) groups is 3. The zero-order valence-electron chi connectivity index (χ0n) is 9.96. The van der Waals surface area contributed by atoms with E-state index in [9.17, 15) is 14.4 Å². The van der Waals surface area contributed by atoms with Crippen LogP contribution in [0.15, 0.2) is 30.3 Å². The number of carbonyl (C=O) groups excluding carboxylic acids is 3. The fraction of sp³-hybridized carbons (Fsp3) is 0.308. The molecule has 1 aromatic carbocycles. The quantitative estimate of drug-likeness (QED) is 0.839. The van der Waals surface area contributed by atoms with Crippen LogP contribution in [0, 0.1) is 0 Å². The summed E-state index contributed by atoms with van der Waals surface area (Å²) >= 11 is 0.937. The van der Waals surface area contributed by atoms with Gasteiger partial charge in [0.2, 0.25) is 5.91 Å². The maximum absolute atomic E-state index is 12.0. The minimum atomic E-state index is -0.476. The minimum absolute atomic E-state index is 0.163. The van der Waals surface area contributed by atoms with Crippen molar-refractivity contribution in [2.75, 3.05) is 0 Å². The fourth-order valence-corrected chi connectivity index (χ4v) is 2.82. The Labute approximate surface area is 109 Å². The van der Waals surface area contributed by atoms with Crippen molar-refractivity contribution in [2.45, 2.75) is 25.0 Å². The molecule has 18 heavy (non-hydrogen) atoms. The molecule has 1 aliphatic rings. The fourth-order valence-electron chi connectivity index (χ4n) is 1.80. The number of benzene rings is 1. The second-order valence-corrected chi connectivity index (χ2v) is 5.14. The molecule has 3 amide bonds. The summed E-state index contributed by atoms with van der Waals surface area (Å²) in [6.07, 6.45) is 0.639. The average Bonchev–Trinajstić information content (AvgIpc) is 2.65. The number of amides is 3. The Morgan fingerprint density at radius 1 is 1.28 bits per heavy atom. The highest BCUT2D eigenvalue weighted by molar-refractivity contribution is 8.15. The van der Waals surface area contributed by atoms with Gasteiger partial charge in [-0.25, -0.2) is 4.90 Å². The maximum Gasteiger partial charge on any atom is 0.295 e. The number of nitrogens with zero attached hydrogens (tertiary/aromatic N) is 1. The van der Waals surface area contributed by atoms with Crippen LogP contribution in [0.3, 0.4) is 0 Å². The summed E-state index contributed by atoms with van der Waals surface area (Å²) in [4.78, 5) is 35.9. The molecule has 1 aromatic rings. The van der Waals surface area contributed by atoms with Gasteiger partial charge in [0.05, 0.1) is 5.25 Å². The van der Waals surface area contributed by atoms with Gasteiger partial charge in [-0.15, -0.1) is 0 Å². The predicted molar refractivity (Wildman–Crippen MR) is 69.1 cm³/mol. The van der Waals surface area contributed by atoms with E-state index in [1.807, 2.05) is 30.3 Å². The van der Waals surface area contributed by atoms with Gasteiger partial charge in [0.1, 0.15) is 0 Å². The highest BCUT2D eigenvalue weighted by Gasteiger charge is 2.42. The Kier molecular flexibility index (Phi) is 3.81. The molecule has 4 nitrogen and oxygen atoms in total. The molecular formula is C13H13NO3S. The van der Waals surface area contributed by atoms with Gasteiger partial charge in [0.25, 0.3) is 11.1 Å². The molecule has 0 saturated carbocycles. The SMILES string of the molecule is CCC(=O)N1C(=O)SC(Cc2ccccc2)C1=O. The molecule has 1 fully saturated rings. The Morgan fingerprint density at radius 3 is 2.56 bits per heavy atom. The molecule has 2 rings (SSSR count). The van der Waals surface area contributed by atoms with Crippen LogP contribution in [-0.2, 0) is 16.0 Å². The summed E-state index contributed by atoms with van der Waals surface area (Å²) < 4.78 is 0. The lowest BCUT2D eigenvalue weighted by Gasteiger charge is -2.10. The van der Waals surface area contributed by atoms with Crippen molar-refractivity contribution < 1.29 is 14.4 Å². The zero-order chi connectivity index (χ0) is 13.1. The molecule has 94 valence electrons. The van der Waals surface area contributed by atoms with Crippen molar-refractivity contribution in [1.82, 2.24) is 4.90 Å². The van der Waals surface area contributed by atoms with Crippen LogP contribution < -0.4 is 0 Å². The summed E-state index contributed by atoms with van der Waals surface area (Å²) in [6, 6.07) is 9.48. The van der Waals surface area contributed by atoms with Gasteiger partial charge >= 0.3 is 0 Å². The normalized spacial score (nSPS) is 19.4. The van der Waals surface area contributed by atoms with Crippen LogP contribution in [0.1, 0.15) is 18.9 Å². The summed E-state index contributed by atoms with van der Waals surface area (Å²) in [6.45, 7) is 1.64. The Balaban J connectivity index is 2.11. The maximum atomic E-state index is 12.0. The summed E-state index contributed by atoms with van der Waals surface area (Å²) in [7, 11) is 0. The third kappa shape index (κ3) is 2.46. The Bertz CT molecular complexity index is 486. The van der Waals surface area contributed by atoms with Gasteiger partial charge in [-0.2, -0.15) is 0 Å². The number of imide groups is 3. The molecule has 0 N–H and O–H groups in total. The van der Waals surface area contributed by atoms with Gasteiger partial charge in [0.15, 0.2) is 0 Å². The third-order valence-electron chi connectivity index (χ3n) is 2.74. The monoisotopic (exact) mass is 263 g/mol. The third-order valence-corrected chi connectivity index (χ3v) is 3.77. The van der Waals surface area contributed by atoms with Gasteiger partial charge in [-0.1, -0.05) is 49.0 Å². The largest absolute Gasteiger partial charge is 0.295 e. The first-order valence-electron chi connectivity index (χ1n) is 5.74. The first-order valence-corrected chi connectivity index (χ1v) is 6.62. The minimum Gasteiger partial charge on any atom is -0.274 e. The number of rotatable bonds is 3. The van der Waals surface area contributed by atoms with Crippen LogP contribution in [-0.4, -0.2) is 27.2 Å². The molecule has 1 atom stereocenters. The van der Waals surface area contributed by atoms with Crippen molar-refractivity contribution in [3.05, 3.63) is 35.9 Å². The smallest absolute Gasteiger partial charge is 0.274 e. The Hall–Kier alpha value is -1.62. The van der Waals surface area contributed by atoms with Crippen molar-refractivity contribution in [2.24, 2.45) is 0 Å². The second kappa shape index (κ2) is 5.35. The van der Waals surface area contributed by atoms with Crippen molar-refractivity contribution in [3.8, 4) is 0 Å². The highest BCUT2D eigenvalue weighted by Crippen LogP contribution is 2.29. The van der Waals surface area contributed by atoms with Crippen molar-refractivity contribution >= 4 is 28.8 Å². The molecule has 1 heterocycles. The van der Waals surface area contributed by atoms with Gasteiger partial charge < -0.3 is 0 Å². The van der Waals surface area contributed by atoms with Crippen LogP contribution in [0.4, 0.5) is 4.79 Å². The summed E-state index contributed by atoms with van der Waals surface area (Å²) in [5.41, 5.74) is 0.988. The van der Waals surface area contributed by atoms with Crippen LogP contribution in [0.5, 0.6) is 0 Å². The standard InChI is InChI=1S/C13H13NO3S/c1-2-11(15)14-12(16)10(18-13(14)17)8-9-6-4-3-5-7-9/h3-7,10H,2,8H2,1H3. The molecule has 1 aliphatic heterocycles. The topological polar surface area (TPSA) is 54.5 Å². The van der Waals surface area contributed by atoms with Crippen molar-refractivity contribution in [1.29, 1.82) is 0 Å². The number of hydrogen-bond donors (Lipinski definition) is 0. The average molecular weight is 263 g/mol. The number of thioether (sulfide) groups is 1. The van der Waals surface area contributed by atoms with E-state index in [0.29, 0.717) is 6.42 Å². The van der Waals surface area contributed by atoms with Crippen molar-refractivity contribution in [3.63, 3.8) is 0 Å². The lowest BCUT2D eigenvalue weighted by molar-refractivity contribution is -0.139. The first kappa shape index (κ1) is 12.8. The van der Waals surface area contributed by atoms with Gasteiger partial charge in [-0.3, -0.25) is 14.4 Å². The van der Waals surface area contributed by atoms with E-state index < -0.39 is 16.4 Å². The van der Waals surface area contributed by atoms with E-state index in [0.717, 1.165) is 22.2 Å². The lowest BCUT2D eigenvalue weighted by atomic mass is 10.1. The van der Waals surface area contributed by atoms with Crippen LogP contribution in [0.2, 0.25) is 0 Å². The summed E-state index contributed by atoms with van der Waals surface area (Å²) in [5.74, 6) is -0.811. The molecule has 0 aliphatic carbocycles. The number of hydrogen-bond acceptors (Lipinski definition) is 4. The van der Waals surface area contributed by atoms with Gasteiger partial charge in [-0.05, 0) is 12.0 Å². The second-order valence-electron chi connectivity index (χ2n) is 3.98. The van der Waals surface area contributed by atoms with Gasteiger partial charge in [0, 0.05) is 6.42 Å². The van der Waals surface area contributed by atoms with E-state index in [-0.39, 0.29) is 12.3 Å². The molecule has 0 radical (unpaired) electrons. The predicted octanol–water partition coefficient (Wildman–Crippen LogP) is 2.23. The molecule has 0 aromatic heterocycles. The van der Waals surface area contributed by atoms with E-state index in [4.69, 9.17) is 0 Å². The molecule has 1 saturated heterocycles. The van der Waals surface area contributed by atoms with Crippen LogP contribution in [0.25, 0.3) is 0 Å². The molecule has 0 spiro atoms. The van der Waals surface area contributed by atoms with E-state index in [1.165, 1.54) is 0 Å². The van der Waals surface area contributed by atoms with E-state index >= 15 is 0 Å². The summed E-state index contributed by atoms with van der Waals surface area (Å²) in [5, 5.41) is -0.928. The first-order chi connectivity index (χ1) is 8.63. The molecule has 1 unspecified atom stereocenters. The van der Waals surface area contributed by atoms with E-state index in [1.54, 1.807) is 6.92 Å². The zero-order valence-corrected chi connectivity index (χ0v) is 10.8. The molecule has 5 heteroatoms. The molecular weight excluding hydrogens is 250 g/mol. The molecule has 0 bridgehead atoms. The van der Waals surface area contributed by atoms with E-state index in [2.05, 4.69) is 0 Å². The highest BCUT2D eigenvalue weighted by atomic mass is 32.2. The van der Waals surface area contributed by atoms with Crippen LogP contribution >= 0.6 is 11.8 Å². The lowest BCUT2D eigenvalue weighted by Crippen LogP contribution is -2.37. The Morgan fingerprint density at radius 2 is 1.94 bits per heavy atom.